The van der Waals surface area contributed by atoms with Crippen LogP contribution in [0.2, 0.25) is 0 Å². The van der Waals surface area contributed by atoms with E-state index in [4.69, 9.17) is 0 Å². The van der Waals surface area contributed by atoms with Crippen LogP contribution in [0.5, 0.6) is 0 Å². The van der Waals surface area contributed by atoms with E-state index in [-0.39, 0.29) is 12.2 Å². The Morgan fingerprint density at radius 2 is 1.92 bits per heavy atom. The molecule has 0 saturated heterocycles. The van der Waals surface area contributed by atoms with E-state index in [0.717, 1.165) is 0 Å². The van der Waals surface area contributed by atoms with Crippen LogP contribution in [0.1, 0.15) is 17.3 Å². The molecule has 26 heavy (non-hydrogen) atoms. The van der Waals surface area contributed by atoms with Gasteiger partial charge < -0.3 is 10.4 Å². The fourth-order valence-corrected chi connectivity index (χ4v) is 3.27. The number of carbonyl (C=O) groups excluding carboxylic acids is 1. The van der Waals surface area contributed by atoms with Crippen LogP contribution in [-0.4, -0.2) is 22.0 Å². The average molecular weight is 370 g/mol. The molecule has 0 aliphatic heterocycles. The summed E-state index contributed by atoms with van der Waals surface area (Å²) in [5.41, 5.74) is 1.63. The van der Waals surface area contributed by atoms with Crippen molar-refractivity contribution >= 4 is 23.2 Å². The monoisotopic (exact) mass is 370 g/mol. The number of benzene rings is 2. The predicted octanol–water partition coefficient (Wildman–Crippen LogP) is 3.43. The van der Waals surface area contributed by atoms with Gasteiger partial charge in [0.25, 0.3) is 0 Å². The third-order valence-electron chi connectivity index (χ3n) is 3.65. The highest BCUT2D eigenvalue weighted by Crippen LogP contribution is 2.24. The van der Waals surface area contributed by atoms with Crippen molar-refractivity contribution in [2.75, 3.05) is 0 Å². The van der Waals surface area contributed by atoms with Gasteiger partial charge in [0, 0.05) is 10.9 Å². The number of thiazole rings is 1. The highest BCUT2D eigenvalue weighted by Gasteiger charge is 2.22. The summed E-state index contributed by atoms with van der Waals surface area (Å²) in [4.78, 5) is 28.0. The summed E-state index contributed by atoms with van der Waals surface area (Å²) in [7, 11) is 0. The van der Waals surface area contributed by atoms with Gasteiger partial charge in [-0.15, -0.1) is 11.3 Å². The van der Waals surface area contributed by atoms with Crippen molar-refractivity contribution in [1.82, 2.24) is 10.3 Å². The second-order valence-corrected chi connectivity index (χ2v) is 6.44. The zero-order valence-electron chi connectivity index (χ0n) is 13.6. The van der Waals surface area contributed by atoms with Gasteiger partial charge in [0.1, 0.15) is 10.8 Å². The second-order valence-electron chi connectivity index (χ2n) is 5.58. The Hall–Kier alpha value is -3.06. The summed E-state index contributed by atoms with van der Waals surface area (Å²) < 4.78 is 13.3. The number of rotatable bonds is 6. The highest BCUT2D eigenvalue weighted by molar-refractivity contribution is 7.13. The largest absolute Gasteiger partial charge is 0.479 e. The Bertz CT molecular complexity index is 927. The van der Waals surface area contributed by atoms with Gasteiger partial charge in [-0.1, -0.05) is 42.5 Å². The van der Waals surface area contributed by atoms with Crippen molar-refractivity contribution in [1.29, 1.82) is 0 Å². The number of hydrogen-bond acceptors (Lipinski definition) is 4. The molecule has 3 rings (SSSR count). The molecule has 7 heteroatoms. The van der Waals surface area contributed by atoms with E-state index in [2.05, 4.69) is 10.3 Å². The number of carbonyl (C=O) groups is 2. The number of aliphatic carboxylic acids is 1. The predicted molar refractivity (Wildman–Crippen MR) is 96.2 cm³/mol. The number of halogens is 1. The molecule has 1 atom stereocenters. The van der Waals surface area contributed by atoms with E-state index in [9.17, 15) is 19.1 Å². The third kappa shape index (κ3) is 4.31. The molecular weight excluding hydrogens is 355 g/mol. The zero-order chi connectivity index (χ0) is 18.5. The minimum Gasteiger partial charge on any atom is -0.479 e. The molecule has 0 radical (unpaired) electrons. The van der Waals surface area contributed by atoms with Gasteiger partial charge >= 0.3 is 5.97 Å². The first-order chi connectivity index (χ1) is 12.5. The minimum absolute atomic E-state index is 0.0531. The molecular formula is C19H15FN2O3S. The first-order valence-electron chi connectivity index (χ1n) is 7.80. The molecule has 0 fully saturated rings. The van der Waals surface area contributed by atoms with Crippen LogP contribution < -0.4 is 5.32 Å². The fourth-order valence-electron chi connectivity index (χ4n) is 2.45. The molecule has 3 aromatic rings. The van der Waals surface area contributed by atoms with Gasteiger partial charge in [-0.2, -0.15) is 0 Å². The van der Waals surface area contributed by atoms with Crippen LogP contribution in [0.4, 0.5) is 4.39 Å². The molecule has 0 aliphatic rings. The van der Waals surface area contributed by atoms with Crippen LogP contribution in [-0.2, 0) is 16.0 Å². The van der Waals surface area contributed by atoms with E-state index in [1.807, 2.05) is 0 Å². The molecule has 1 amide bonds. The topological polar surface area (TPSA) is 79.3 Å². The highest BCUT2D eigenvalue weighted by atomic mass is 32.1. The lowest BCUT2D eigenvalue weighted by atomic mass is 10.1. The molecule has 132 valence electrons. The number of nitrogens with zero attached hydrogens (tertiary/aromatic N) is 1. The minimum atomic E-state index is -1.14. The van der Waals surface area contributed by atoms with Gasteiger partial charge in [0.2, 0.25) is 5.91 Å². The molecule has 1 heterocycles. The molecule has 0 aliphatic carbocycles. The summed E-state index contributed by atoms with van der Waals surface area (Å²) in [5, 5.41) is 14.2. The van der Waals surface area contributed by atoms with Gasteiger partial charge in [0.15, 0.2) is 6.04 Å². The summed E-state index contributed by atoms with van der Waals surface area (Å²) in [5.74, 6) is -1.94. The summed E-state index contributed by atoms with van der Waals surface area (Å²) in [6.45, 7) is 0. The van der Waals surface area contributed by atoms with Crippen LogP contribution in [0.15, 0.2) is 60.0 Å². The first-order valence-corrected chi connectivity index (χ1v) is 8.68. The maximum absolute atomic E-state index is 13.3. The number of carboxylic acid groups (broad SMARTS) is 1. The number of amides is 1. The standard InChI is InChI=1S/C19H15FN2O3S/c20-14-8-4-7-13(9-14)18-21-15(11-26-18)10-16(23)22-17(19(24)25)12-5-2-1-3-6-12/h1-9,11,17H,10H2,(H,22,23)(H,24,25)/t17-/m0/s1. The van der Waals surface area contributed by atoms with Gasteiger partial charge in [-0.05, 0) is 17.7 Å². The Morgan fingerprint density at radius 3 is 2.62 bits per heavy atom. The van der Waals surface area contributed by atoms with Crippen LogP contribution in [0, 0.1) is 5.82 Å². The van der Waals surface area contributed by atoms with E-state index in [1.165, 1.54) is 23.5 Å². The molecule has 5 nitrogen and oxygen atoms in total. The average Bonchev–Trinajstić information content (AvgIpc) is 3.08. The third-order valence-corrected chi connectivity index (χ3v) is 4.59. The second kappa shape index (κ2) is 7.88. The fraction of sp³-hybridized carbons (Fsp3) is 0.105. The van der Waals surface area contributed by atoms with Crippen LogP contribution in [0.25, 0.3) is 10.6 Å². The molecule has 0 bridgehead atoms. The molecule has 0 saturated carbocycles. The van der Waals surface area contributed by atoms with Crippen molar-refractivity contribution in [3.05, 3.63) is 77.1 Å². The summed E-state index contributed by atoms with van der Waals surface area (Å²) in [6.07, 6.45) is -0.0531. The normalized spacial score (nSPS) is 11.7. The Morgan fingerprint density at radius 1 is 1.15 bits per heavy atom. The van der Waals surface area contributed by atoms with E-state index >= 15 is 0 Å². The van der Waals surface area contributed by atoms with E-state index in [0.29, 0.717) is 21.8 Å². The SMILES string of the molecule is O=C(Cc1csc(-c2cccc(F)c2)n1)N[C@H](C(=O)O)c1ccccc1. The molecule has 2 aromatic carbocycles. The van der Waals surface area contributed by atoms with Gasteiger partial charge in [-0.25, -0.2) is 14.2 Å². The van der Waals surface area contributed by atoms with Crippen LogP contribution in [0.3, 0.4) is 0 Å². The molecule has 0 unspecified atom stereocenters. The van der Waals surface area contributed by atoms with E-state index in [1.54, 1.807) is 47.8 Å². The summed E-state index contributed by atoms with van der Waals surface area (Å²) >= 11 is 1.30. The van der Waals surface area contributed by atoms with Crippen molar-refractivity contribution in [2.45, 2.75) is 12.5 Å². The maximum Gasteiger partial charge on any atom is 0.330 e. The number of hydrogen-bond donors (Lipinski definition) is 2. The van der Waals surface area contributed by atoms with Crippen molar-refractivity contribution in [3.8, 4) is 10.6 Å². The lowest BCUT2D eigenvalue weighted by Gasteiger charge is -2.14. The van der Waals surface area contributed by atoms with Crippen molar-refractivity contribution in [2.24, 2.45) is 0 Å². The molecule has 1 aromatic heterocycles. The van der Waals surface area contributed by atoms with Gasteiger partial charge in [-0.3, -0.25) is 4.79 Å². The molecule has 0 spiro atoms. The smallest absolute Gasteiger partial charge is 0.330 e. The lowest BCUT2D eigenvalue weighted by molar-refractivity contribution is -0.142. The molecule has 2 N–H and O–H groups in total. The summed E-state index contributed by atoms with van der Waals surface area (Å²) in [6, 6.07) is 13.4. The Balaban J connectivity index is 1.69. The Labute approximate surface area is 153 Å². The maximum atomic E-state index is 13.3. The van der Waals surface area contributed by atoms with E-state index < -0.39 is 17.9 Å². The number of aromatic nitrogens is 1. The van der Waals surface area contributed by atoms with Crippen molar-refractivity contribution < 1.29 is 19.1 Å². The number of carboxylic acids is 1. The Kier molecular flexibility index (Phi) is 5.38. The van der Waals surface area contributed by atoms with Crippen molar-refractivity contribution in [3.63, 3.8) is 0 Å². The quantitative estimate of drug-likeness (QED) is 0.697. The van der Waals surface area contributed by atoms with Gasteiger partial charge in [0.05, 0.1) is 12.1 Å². The van der Waals surface area contributed by atoms with Crippen LogP contribution >= 0.6 is 11.3 Å². The first kappa shape index (κ1) is 17.8. The number of nitrogens with one attached hydrogen (secondary N) is 1. The zero-order valence-corrected chi connectivity index (χ0v) is 14.4. The lowest BCUT2D eigenvalue weighted by Crippen LogP contribution is -2.34.